The Labute approximate surface area is 214 Å². The second kappa shape index (κ2) is 11.5. The highest BCUT2D eigenvalue weighted by Crippen LogP contribution is 2.50. The minimum atomic E-state index is -0.292. The summed E-state index contributed by atoms with van der Waals surface area (Å²) in [4.78, 5) is 27.7. The van der Waals surface area contributed by atoms with E-state index in [-0.39, 0.29) is 29.4 Å². The third kappa shape index (κ3) is 5.19. The van der Waals surface area contributed by atoms with E-state index in [4.69, 9.17) is 19.3 Å². The molecule has 190 valence electrons. The number of hydrogen-bond acceptors (Lipinski definition) is 7. The Balaban J connectivity index is 1.88. The number of thioether (sulfide) groups is 1. The predicted octanol–water partition coefficient (Wildman–Crippen LogP) is 3.04. The van der Waals surface area contributed by atoms with E-state index >= 15 is 0 Å². The van der Waals surface area contributed by atoms with Crippen LogP contribution in [0.4, 0.5) is 5.82 Å². The summed E-state index contributed by atoms with van der Waals surface area (Å²) in [6, 6.07) is 15.5. The number of anilines is 1. The average molecular weight is 511 g/mol. The lowest BCUT2D eigenvalue weighted by Gasteiger charge is -2.23. The summed E-state index contributed by atoms with van der Waals surface area (Å²) in [6.07, 6.45) is 0. The molecular weight excluding hydrogens is 480 g/mol. The Hall–Kier alpha value is -3.50. The van der Waals surface area contributed by atoms with Crippen LogP contribution in [0.15, 0.2) is 48.5 Å². The number of rotatable bonds is 9. The Kier molecular flexibility index (Phi) is 8.17. The first-order valence-corrected chi connectivity index (χ1v) is 12.5. The van der Waals surface area contributed by atoms with Crippen molar-refractivity contribution in [3.8, 4) is 22.8 Å². The van der Waals surface area contributed by atoms with Crippen LogP contribution >= 0.6 is 11.8 Å². The minimum absolute atomic E-state index is 0.119. The number of nitrogens with one attached hydrogen (secondary N) is 1. The zero-order valence-electron chi connectivity index (χ0n) is 20.8. The quantitative estimate of drug-likeness (QED) is 0.442. The largest absolute Gasteiger partial charge is 0.497 e. The van der Waals surface area contributed by atoms with Crippen LogP contribution in [0.2, 0.25) is 0 Å². The molecule has 10 heteroatoms. The monoisotopic (exact) mass is 510 g/mol. The molecule has 1 aliphatic rings. The first kappa shape index (κ1) is 25.6. The van der Waals surface area contributed by atoms with Crippen molar-refractivity contribution in [3.63, 3.8) is 0 Å². The first-order chi connectivity index (χ1) is 17.5. The fourth-order valence-corrected chi connectivity index (χ4v) is 5.49. The standard InChI is InChI=1S/C26H30N4O5S/c1-29-26-23(24(28-29)17-8-6-5-7-9-17)25(19-14-18(34-3)10-11-20(19)35-4)36-16-22(32)30(26)15-21(31)27-12-13-33-2/h5-11,14,25H,12-13,15-16H2,1-4H3,(H,27,31)/t25-/m1/s1. The molecule has 9 nitrogen and oxygen atoms in total. The molecule has 0 spiro atoms. The topological polar surface area (TPSA) is 94.9 Å². The van der Waals surface area contributed by atoms with E-state index in [2.05, 4.69) is 5.32 Å². The number of benzene rings is 2. The highest BCUT2D eigenvalue weighted by atomic mass is 32.2. The molecule has 36 heavy (non-hydrogen) atoms. The molecule has 0 saturated heterocycles. The second-order valence-corrected chi connectivity index (χ2v) is 9.29. The van der Waals surface area contributed by atoms with Gasteiger partial charge in [-0.15, -0.1) is 11.8 Å². The molecule has 2 aromatic carbocycles. The Morgan fingerprint density at radius 1 is 1.14 bits per heavy atom. The third-order valence-electron chi connectivity index (χ3n) is 5.94. The summed E-state index contributed by atoms with van der Waals surface area (Å²) in [5.74, 6) is 1.69. The zero-order valence-corrected chi connectivity index (χ0v) is 21.6. The van der Waals surface area contributed by atoms with E-state index < -0.39 is 0 Å². The van der Waals surface area contributed by atoms with Crippen LogP contribution in [0.25, 0.3) is 11.3 Å². The van der Waals surface area contributed by atoms with E-state index in [0.29, 0.717) is 30.5 Å². The van der Waals surface area contributed by atoms with Crippen molar-refractivity contribution in [1.82, 2.24) is 15.1 Å². The fraction of sp³-hybridized carbons (Fsp3) is 0.346. The number of nitrogens with zero attached hydrogens (tertiary/aromatic N) is 3. The third-order valence-corrected chi connectivity index (χ3v) is 7.18. The molecule has 0 bridgehead atoms. The van der Waals surface area contributed by atoms with Crippen molar-refractivity contribution in [2.75, 3.05) is 51.7 Å². The van der Waals surface area contributed by atoms with Gasteiger partial charge in [-0.25, -0.2) is 0 Å². The van der Waals surface area contributed by atoms with Gasteiger partial charge >= 0.3 is 0 Å². The SMILES string of the molecule is COCCNC(=O)CN1C(=O)CS[C@H](c2cc(OC)ccc2OC)c2c(-c3ccccc3)nn(C)c21. The van der Waals surface area contributed by atoms with Crippen molar-refractivity contribution in [2.45, 2.75) is 5.25 Å². The molecule has 0 saturated carbocycles. The van der Waals surface area contributed by atoms with Crippen molar-refractivity contribution in [1.29, 1.82) is 0 Å². The van der Waals surface area contributed by atoms with Gasteiger partial charge in [0.15, 0.2) is 0 Å². The number of methoxy groups -OCH3 is 3. The van der Waals surface area contributed by atoms with Crippen molar-refractivity contribution in [3.05, 3.63) is 59.7 Å². The molecule has 1 N–H and O–H groups in total. The molecule has 4 rings (SSSR count). The van der Waals surface area contributed by atoms with Crippen LogP contribution in [-0.4, -0.2) is 68.4 Å². The number of carbonyl (C=O) groups is 2. The van der Waals surface area contributed by atoms with Crippen molar-refractivity contribution < 1.29 is 23.8 Å². The minimum Gasteiger partial charge on any atom is -0.497 e. The smallest absolute Gasteiger partial charge is 0.240 e. The van der Waals surface area contributed by atoms with Crippen LogP contribution < -0.4 is 19.7 Å². The maximum absolute atomic E-state index is 13.4. The van der Waals surface area contributed by atoms with Gasteiger partial charge in [-0.1, -0.05) is 30.3 Å². The normalized spacial score (nSPS) is 15.3. The van der Waals surface area contributed by atoms with Crippen molar-refractivity contribution in [2.24, 2.45) is 7.05 Å². The molecule has 0 unspecified atom stereocenters. The molecular formula is C26H30N4O5S. The number of aryl methyl sites for hydroxylation is 1. The molecule has 3 aromatic rings. The lowest BCUT2D eigenvalue weighted by molar-refractivity contribution is -0.123. The lowest BCUT2D eigenvalue weighted by atomic mass is 9.98. The van der Waals surface area contributed by atoms with Crippen LogP contribution in [0.5, 0.6) is 11.5 Å². The van der Waals surface area contributed by atoms with Crippen LogP contribution in [-0.2, 0) is 21.4 Å². The summed E-state index contributed by atoms with van der Waals surface area (Å²) in [6.45, 7) is 0.636. The number of carbonyl (C=O) groups excluding carboxylic acids is 2. The zero-order chi connectivity index (χ0) is 25.7. The number of fused-ring (bicyclic) bond motifs is 1. The van der Waals surface area contributed by atoms with Crippen molar-refractivity contribution >= 4 is 29.4 Å². The molecule has 1 atom stereocenters. The van der Waals surface area contributed by atoms with Gasteiger partial charge in [0.05, 0.1) is 37.5 Å². The predicted molar refractivity (Wildman–Crippen MR) is 140 cm³/mol. The summed E-state index contributed by atoms with van der Waals surface area (Å²) >= 11 is 1.48. The molecule has 0 aliphatic carbocycles. The maximum Gasteiger partial charge on any atom is 0.240 e. The maximum atomic E-state index is 13.4. The number of amides is 2. The molecule has 2 amide bonds. The molecule has 0 fully saturated rings. The van der Waals surface area contributed by atoms with Crippen LogP contribution in [0.1, 0.15) is 16.4 Å². The molecule has 0 radical (unpaired) electrons. The van der Waals surface area contributed by atoms with E-state index in [1.54, 1.807) is 33.1 Å². The van der Waals surface area contributed by atoms with Gasteiger partial charge in [-0.3, -0.25) is 19.2 Å². The molecule has 1 aliphatic heterocycles. The van der Waals surface area contributed by atoms with E-state index in [1.807, 2.05) is 48.5 Å². The van der Waals surface area contributed by atoms with Crippen LogP contribution in [0.3, 0.4) is 0 Å². The molecule has 2 heterocycles. The lowest BCUT2D eigenvalue weighted by Crippen LogP contribution is -2.43. The fourth-order valence-electron chi connectivity index (χ4n) is 4.28. The van der Waals surface area contributed by atoms with Crippen LogP contribution in [0, 0.1) is 0 Å². The van der Waals surface area contributed by atoms with E-state index in [9.17, 15) is 9.59 Å². The van der Waals surface area contributed by atoms with E-state index in [1.165, 1.54) is 16.7 Å². The van der Waals surface area contributed by atoms with Gasteiger partial charge in [-0.2, -0.15) is 5.10 Å². The highest BCUT2D eigenvalue weighted by Gasteiger charge is 2.37. The van der Waals surface area contributed by atoms with Gasteiger partial charge < -0.3 is 19.5 Å². The van der Waals surface area contributed by atoms with Gasteiger partial charge in [-0.05, 0) is 18.2 Å². The van der Waals surface area contributed by atoms with Gasteiger partial charge in [0, 0.05) is 37.4 Å². The number of ether oxygens (including phenoxy) is 3. The van der Waals surface area contributed by atoms with E-state index in [0.717, 1.165) is 22.4 Å². The Morgan fingerprint density at radius 3 is 2.61 bits per heavy atom. The average Bonchev–Trinajstić information content (AvgIpc) is 3.16. The summed E-state index contributed by atoms with van der Waals surface area (Å²) in [5.41, 5.74) is 3.37. The highest BCUT2D eigenvalue weighted by molar-refractivity contribution is 8.00. The Bertz CT molecular complexity index is 1230. The summed E-state index contributed by atoms with van der Waals surface area (Å²) in [7, 11) is 6.60. The summed E-state index contributed by atoms with van der Waals surface area (Å²) < 4.78 is 17.9. The Morgan fingerprint density at radius 2 is 1.92 bits per heavy atom. The first-order valence-electron chi connectivity index (χ1n) is 11.5. The van der Waals surface area contributed by atoms with Gasteiger partial charge in [0.25, 0.3) is 0 Å². The van der Waals surface area contributed by atoms with Gasteiger partial charge in [0.1, 0.15) is 23.9 Å². The number of aromatic nitrogens is 2. The number of hydrogen-bond donors (Lipinski definition) is 1. The summed E-state index contributed by atoms with van der Waals surface area (Å²) in [5, 5.41) is 7.34. The molecule has 1 aromatic heterocycles. The van der Waals surface area contributed by atoms with Gasteiger partial charge in [0.2, 0.25) is 11.8 Å². The second-order valence-electron chi connectivity index (χ2n) is 8.20.